The van der Waals surface area contributed by atoms with Crippen LogP contribution in [0, 0.1) is 33.3 Å². The number of unbranched alkanes of at least 4 members (excludes halogenated alkanes) is 1. The summed E-state index contributed by atoms with van der Waals surface area (Å²) in [5.41, 5.74) is 0. The summed E-state index contributed by atoms with van der Waals surface area (Å²) in [6.07, 6.45) is 2.58. The van der Waals surface area contributed by atoms with Crippen LogP contribution in [-0.2, 0) is 42.6 Å². The molecule has 0 amide bonds. The number of nitrogens with one attached hydrogen (secondary N) is 1. The van der Waals surface area contributed by atoms with Gasteiger partial charge in [0.1, 0.15) is 0 Å². The Labute approximate surface area is 112 Å². The zero-order valence-corrected chi connectivity index (χ0v) is 12.1. The van der Waals surface area contributed by atoms with Crippen LogP contribution in [0.4, 0.5) is 0 Å². The normalized spacial score (nSPS) is 4.18. The Hall–Kier alpha value is -0.782. The summed E-state index contributed by atoms with van der Waals surface area (Å²) in [7, 11) is 0. The average molecular weight is 409 g/mol. The molecule has 0 heterocycles. The molecule has 92 valence electrons. The van der Waals surface area contributed by atoms with Crippen molar-refractivity contribution < 1.29 is 42.6 Å². The van der Waals surface area contributed by atoms with Crippen molar-refractivity contribution in [2.75, 3.05) is 6.54 Å². The zero-order chi connectivity index (χ0) is 15.5. The number of hydrogen-bond donors (Lipinski definition) is 1. The standard InChI is InChI=1S/C5H11N.5CO.W/c1-3-4-5-6-2;5*1-2;/h2,6H,3-5H2,1H3;;;;;;. The van der Waals surface area contributed by atoms with Crippen LogP contribution < -0.4 is 5.32 Å². The average Bonchev–Trinajstić information content (AvgIpc) is 2.50. The van der Waals surface area contributed by atoms with Gasteiger partial charge >= 0.3 is 112 Å². The molecule has 7 heteroatoms. The van der Waals surface area contributed by atoms with Gasteiger partial charge in [0, 0.05) is 0 Å². The van der Waals surface area contributed by atoms with E-state index in [1.54, 1.807) is 0 Å². The molecule has 0 atom stereocenters. The summed E-state index contributed by atoms with van der Waals surface area (Å²) in [5.74, 6) is 0. The molecular formula is C10H11NO5W. The summed E-state index contributed by atoms with van der Waals surface area (Å²) in [6.45, 7) is 25.9. The van der Waals surface area contributed by atoms with Crippen LogP contribution in [-0.4, -0.2) is 11.1 Å². The summed E-state index contributed by atoms with van der Waals surface area (Å²) in [4.78, 5) is 0. The first kappa shape index (κ1) is 36.0. The van der Waals surface area contributed by atoms with E-state index in [2.05, 4.69) is 50.0 Å². The molecule has 0 saturated carbocycles. The second kappa shape index (κ2) is 173. The number of hydrogen-bond acceptors (Lipinski definition) is 1. The van der Waals surface area contributed by atoms with E-state index in [0.29, 0.717) is 0 Å². The third-order valence-corrected chi connectivity index (χ3v) is 1.36. The SMILES string of the molecule is CCCCN[CH]=[W].[C-]#[O+].[C-]#[O+].[C-]#[O+].[C-]#[O+].[C-]#[O+]. The Morgan fingerprint density at radius 3 is 1.35 bits per heavy atom. The molecule has 0 aliphatic carbocycles. The quantitative estimate of drug-likeness (QED) is 0.407. The van der Waals surface area contributed by atoms with E-state index < -0.39 is 0 Å². The predicted octanol–water partition coefficient (Wildman–Crippen LogP) is 0.495. The van der Waals surface area contributed by atoms with Crippen LogP contribution >= 0.6 is 0 Å². The molecule has 0 spiro atoms. The molecule has 0 radical (unpaired) electrons. The van der Waals surface area contributed by atoms with Crippen LogP contribution in [0.25, 0.3) is 0 Å². The van der Waals surface area contributed by atoms with E-state index >= 15 is 0 Å². The van der Waals surface area contributed by atoms with Crippen molar-refractivity contribution in [2.45, 2.75) is 19.8 Å². The van der Waals surface area contributed by atoms with Crippen molar-refractivity contribution in [3.63, 3.8) is 0 Å². The fraction of sp³-hybridized carbons (Fsp3) is 0.400. The Balaban J connectivity index is -0.0000000257. The fourth-order valence-corrected chi connectivity index (χ4v) is 0.761. The summed E-state index contributed by atoms with van der Waals surface area (Å²) in [5, 5.41) is 3.16. The van der Waals surface area contributed by atoms with Crippen molar-refractivity contribution in [3.8, 4) is 0 Å². The van der Waals surface area contributed by atoms with Crippen LogP contribution in [0.3, 0.4) is 0 Å². The molecule has 0 saturated heterocycles. The molecule has 0 aliphatic heterocycles. The predicted molar refractivity (Wildman–Crippen MR) is 48.6 cm³/mol. The third-order valence-electron chi connectivity index (χ3n) is 0.758. The van der Waals surface area contributed by atoms with E-state index in [9.17, 15) is 0 Å². The van der Waals surface area contributed by atoms with Gasteiger partial charge in [-0.05, 0) is 0 Å². The maximum atomic E-state index is 7.50. The molecule has 0 rings (SSSR count). The molecule has 0 aromatic rings. The van der Waals surface area contributed by atoms with Gasteiger partial charge in [-0.1, -0.05) is 0 Å². The maximum absolute atomic E-state index is 7.50. The van der Waals surface area contributed by atoms with Crippen LogP contribution in [0.1, 0.15) is 19.8 Å². The van der Waals surface area contributed by atoms with Gasteiger partial charge in [0.25, 0.3) is 0 Å². The van der Waals surface area contributed by atoms with Gasteiger partial charge in [0.2, 0.25) is 0 Å². The van der Waals surface area contributed by atoms with Gasteiger partial charge in [-0.3, -0.25) is 0 Å². The van der Waals surface area contributed by atoms with Crippen molar-refractivity contribution in [3.05, 3.63) is 33.3 Å². The van der Waals surface area contributed by atoms with Gasteiger partial charge in [-0.15, -0.1) is 0 Å². The summed E-state index contributed by atoms with van der Waals surface area (Å²) >= 11 is 1.51. The van der Waals surface area contributed by atoms with E-state index in [-0.39, 0.29) is 0 Å². The molecule has 1 N–H and O–H groups in total. The van der Waals surface area contributed by atoms with Crippen LogP contribution in [0.15, 0.2) is 0 Å². The first-order valence-electron chi connectivity index (χ1n) is 3.61. The van der Waals surface area contributed by atoms with Gasteiger partial charge in [0.15, 0.2) is 0 Å². The van der Waals surface area contributed by atoms with E-state index in [1.807, 2.05) is 0 Å². The molecule has 0 fully saturated rings. The van der Waals surface area contributed by atoms with Crippen LogP contribution in [0.2, 0.25) is 0 Å². The van der Waals surface area contributed by atoms with Crippen molar-refractivity contribution in [1.82, 2.24) is 5.32 Å². The number of rotatable bonds is 4. The molecular weight excluding hydrogens is 398 g/mol. The Kier molecular flexibility index (Phi) is 366. The first-order chi connectivity index (χ1) is 8.41. The third kappa shape index (κ3) is 257. The van der Waals surface area contributed by atoms with Crippen LogP contribution in [0.5, 0.6) is 0 Å². The fourth-order valence-electron chi connectivity index (χ4n) is 0.338. The first-order valence-corrected chi connectivity index (χ1v) is 5.30. The van der Waals surface area contributed by atoms with Gasteiger partial charge in [0.05, 0.1) is 0 Å². The van der Waals surface area contributed by atoms with Crippen molar-refractivity contribution >= 4 is 4.52 Å². The van der Waals surface area contributed by atoms with Crippen molar-refractivity contribution in [1.29, 1.82) is 0 Å². The Morgan fingerprint density at radius 2 is 1.18 bits per heavy atom. The molecule has 0 aromatic heterocycles. The van der Waals surface area contributed by atoms with Gasteiger partial charge < -0.3 is 0 Å². The Bertz CT molecular complexity index is 160. The van der Waals surface area contributed by atoms with E-state index in [1.165, 1.54) is 32.2 Å². The molecule has 17 heavy (non-hydrogen) atoms. The molecule has 0 unspecified atom stereocenters. The van der Waals surface area contributed by atoms with Gasteiger partial charge in [-0.2, -0.15) is 0 Å². The van der Waals surface area contributed by atoms with Crippen molar-refractivity contribution in [2.24, 2.45) is 0 Å². The zero-order valence-electron chi connectivity index (χ0n) is 9.15. The van der Waals surface area contributed by atoms with E-state index in [0.717, 1.165) is 6.54 Å². The minimum atomic E-state index is 1.15. The second-order valence-corrected chi connectivity index (χ2v) is 2.27. The minimum absolute atomic E-state index is 1.15. The molecule has 0 aromatic carbocycles. The topological polar surface area (TPSA) is 112 Å². The monoisotopic (exact) mass is 409 g/mol. The van der Waals surface area contributed by atoms with Gasteiger partial charge in [-0.25, -0.2) is 0 Å². The molecule has 0 aliphatic rings. The summed E-state index contributed by atoms with van der Waals surface area (Å²) in [6, 6.07) is 0. The molecule has 6 nitrogen and oxygen atoms in total. The second-order valence-electron chi connectivity index (χ2n) is 1.43. The van der Waals surface area contributed by atoms with E-state index in [4.69, 9.17) is 23.3 Å². The molecule has 0 bridgehead atoms. The summed E-state index contributed by atoms with van der Waals surface area (Å²) < 4.78 is 39.6. The Morgan fingerprint density at radius 1 is 0.882 bits per heavy atom.